The molecule has 0 radical (unpaired) electrons. The summed E-state index contributed by atoms with van der Waals surface area (Å²) in [5, 5.41) is 0. The van der Waals surface area contributed by atoms with Gasteiger partial charge in [-0.05, 0) is 56.1 Å². The first-order chi connectivity index (χ1) is 14.2. The van der Waals surface area contributed by atoms with E-state index >= 15 is 0 Å². The zero-order valence-electron chi connectivity index (χ0n) is 17.7. The highest BCUT2D eigenvalue weighted by Crippen LogP contribution is 2.21. The Morgan fingerprint density at radius 1 is 0.900 bits per heavy atom. The van der Waals surface area contributed by atoms with E-state index in [4.69, 9.17) is 13.7 Å². The Balaban J connectivity index is 2.07. The molecule has 164 valence electrons. The van der Waals surface area contributed by atoms with Crippen molar-refractivity contribution in [3.05, 3.63) is 54.1 Å². The summed E-state index contributed by atoms with van der Waals surface area (Å²) in [6, 6.07) is 12.6. The molecule has 0 N–H and O–H groups in total. The fourth-order valence-corrected chi connectivity index (χ4v) is 3.55. The Morgan fingerprint density at radius 3 is 2.03 bits per heavy atom. The van der Waals surface area contributed by atoms with E-state index in [1.165, 1.54) is 26.4 Å². The third-order valence-corrected chi connectivity index (χ3v) is 5.55. The summed E-state index contributed by atoms with van der Waals surface area (Å²) in [6.45, 7) is 1.67. The number of amides is 1. The highest BCUT2D eigenvalue weighted by atomic mass is 32.2. The van der Waals surface area contributed by atoms with Crippen LogP contribution in [-0.2, 0) is 26.2 Å². The molecule has 0 fully saturated rings. The Bertz CT molecular complexity index is 912. The van der Waals surface area contributed by atoms with Gasteiger partial charge in [0.15, 0.2) is 0 Å². The van der Waals surface area contributed by atoms with Crippen molar-refractivity contribution in [1.29, 1.82) is 0 Å². The maximum Gasteiger partial charge on any atom is 0.339 e. The number of nitrogens with zero attached hydrogens (tertiary/aromatic N) is 2. The second-order valence-corrected chi connectivity index (χ2v) is 8.45. The van der Waals surface area contributed by atoms with E-state index < -0.39 is 10.1 Å². The highest BCUT2D eigenvalue weighted by Gasteiger charge is 2.18. The molecule has 8 nitrogen and oxygen atoms in total. The summed E-state index contributed by atoms with van der Waals surface area (Å²) in [7, 11) is 2.91. The van der Waals surface area contributed by atoms with Crippen molar-refractivity contribution in [2.24, 2.45) is 0 Å². The number of carbonyl (C=O) groups is 1. The fourth-order valence-electron chi connectivity index (χ4n) is 2.62. The van der Waals surface area contributed by atoms with Gasteiger partial charge in [-0.1, -0.05) is 12.1 Å². The normalized spacial score (nSPS) is 11.4. The summed E-state index contributed by atoms with van der Waals surface area (Å²) in [5.74, 6) is 0.638. The summed E-state index contributed by atoms with van der Waals surface area (Å²) in [5.41, 5.74) is 0.854. The fraction of sp³-hybridized carbons (Fsp3) is 0.381. The van der Waals surface area contributed by atoms with Crippen molar-refractivity contribution in [2.75, 3.05) is 48.0 Å². The molecule has 9 heteroatoms. The molecule has 0 aliphatic heterocycles. The van der Waals surface area contributed by atoms with Crippen LogP contribution < -0.4 is 8.92 Å². The second-order valence-electron chi connectivity index (χ2n) is 6.91. The van der Waals surface area contributed by atoms with E-state index in [2.05, 4.69) is 0 Å². The molecule has 0 aliphatic rings. The van der Waals surface area contributed by atoms with Gasteiger partial charge in [0, 0.05) is 26.7 Å². The van der Waals surface area contributed by atoms with E-state index in [1.54, 1.807) is 41.3 Å². The van der Waals surface area contributed by atoms with E-state index in [-0.39, 0.29) is 23.2 Å². The molecule has 0 saturated heterocycles. The third-order valence-electron chi connectivity index (χ3n) is 4.29. The topological polar surface area (TPSA) is 85.4 Å². The number of benzene rings is 2. The largest absolute Gasteiger partial charge is 0.497 e. The van der Waals surface area contributed by atoms with Crippen LogP contribution in [0, 0.1) is 0 Å². The molecule has 0 bridgehead atoms. The van der Waals surface area contributed by atoms with Gasteiger partial charge in [0.1, 0.15) is 23.0 Å². The van der Waals surface area contributed by atoms with E-state index in [9.17, 15) is 13.2 Å². The average molecular weight is 437 g/mol. The minimum Gasteiger partial charge on any atom is -0.497 e. The molecule has 0 heterocycles. The first-order valence-corrected chi connectivity index (χ1v) is 10.7. The van der Waals surface area contributed by atoms with Crippen LogP contribution in [0.25, 0.3) is 0 Å². The number of hydrogen-bond acceptors (Lipinski definition) is 7. The van der Waals surface area contributed by atoms with Gasteiger partial charge in [0.2, 0.25) is 5.91 Å². The van der Waals surface area contributed by atoms with Gasteiger partial charge in [0.05, 0.1) is 7.11 Å². The van der Waals surface area contributed by atoms with E-state index in [0.29, 0.717) is 18.8 Å². The maximum atomic E-state index is 12.4. The van der Waals surface area contributed by atoms with E-state index in [0.717, 1.165) is 12.1 Å². The number of rotatable bonds is 11. The lowest BCUT2D eigenvalue weighted by molar-refractivity contribution is -0.135. The lowest BCUT2D eigenvalue weighted by atomic mass is 10.2. The van der Waals surface area contributed by atoms with Crippen LogP contribution in [-0.4, -0.2) is 72.1 Å². The van der Waals surface area contributed by atoms with Crippen LogP contribution >= 0.6 is 0 Å². The van der Waals surface area contributed by atoms with Crippen LogP contribution in [0.4, 0.5) is 0 Å². The summed E-state index contributed by atoms with van der Waals surface area (Å²) in [4.78, 5) is 16.0. The minimum atomic E-state index is -3.96. The number of likely N-dealkylation sites (N-methyl/N-ethyl adjacent to an activating group) is 1. The quantitative estimate of drug-likeness (QED) is 0.498. The summed E-state index contributed by atoms with van der Waals surface area (Å²) >= 11 is 0. The first-order valence-electron chi connectivity index (χ1n) is 9.34. The predicted octanol–water partition coefficient (Wildman–Crippen LogP) is 2.00. The molecule has 0 saturated carbocycles. The van der Waals surface area contributed by atoms with Gasteiger partial charge in [0.25, 0.3) is 0 Å². The molecule has 0 unspecified atom stereocenters. The Kier molecular flexibility index (Phi) is 8.64. The number of carbonyl (C=O) groups excluding carboxylic acids is 1. The maximum absolute atomic E-state index is 12.4. The molecule has 0 atom stereocenters. The van der Waals surface area contributed by atoms with Crippen LogP contribution in [0.5, 0.6) is 11.5 Å². The lowest BCUT2D eigenvalue weighted by Gasteiger charge is -2.24. The van der Waals surface area contributed by atoms with Gasteiger partial charge in [-0.25, -0.2) is 0 Å². The zero-order valence-corrected chi connectivity index (χ0v) is 18.5. The van der Waals surface area contributed by atoms with Crippen LogP contribution in [0.2, 0.25) is 0 Å². The molecule has 0 spiro atoms. The first kappa shape index (κ1) is 23.7. The van der Waals surface area contributed by atoms with Crippen molar-refractivity contribution in [3.8, 4) is 11.5 Å². The Hall–Kier alpha value is -2.62. The zero-order chi connectivity index (χ0) is 22.1. The smallest absolute Gasteiger partial charge is 0.339 e. The molecule has 2 aromatic carbocycles. The molecule has 0 aromatic heterocycles. The molecule has 2 rings (SSSR count). The minimum absolute atomic E-state index is 0.00866. The summed E-state index contributed by atoms with van der Waals surface area (Å²) < 4.78 is 40.1. The summed E-state index contributed by atoms with van der Waals surface area (Å²) in [6.07, 6.45) is 0. The van der Waals surface area contributed by atoms with Gasteiger partial charge < -0.3 is 23.5 Å². The molecule has 30 heavy (non-hydrogen) atoms. The molecule has 0 aliphatic carbocycles. The molecular formula is C21H28N2O6S. The van der Waals surface area contributed by atoms with Crippen LogP contribution in [0.1, 0.15) is 5.56 Å². The number of ether oxygens (including phenoxy) is 2. The Labute approximate surface area is 178 Å². The van der Waals surface area contributed by atoms with Crippen molar-refractivity contribution in [3.63, 3.8) is 0 Å². The van der Waals surface area contributed by atoms with Gasteiger partial charge in [-0.3, -0.25) is 4.79 Å². The highest BCUT2D eigenvalue weighted by molar-refractivity contribution is 7.87. The second kappa shape index (κ2) is 11.0. The van der Waals surface area contributed by atoms with Crippen molar-refractivity contribution >= 4 is 16.0 Å². The van der Waals surface area contributed by atoms with Gasteiger partial charge >= 0.3 is 10.1 Å². The van der Waals surface area contributed by atoms with E-state index in [1.807, 2.05) is 19.0 Å². The monoisotopic (exact) mass is 436 g/mol. The van der Waals surface area contributed by atoms with Crippen molar-refractivity contribution in [2.45, 2.75) is 11.4 Å². The molecular weight excluding hydrogens is 408 g/mol. The van der Waals surface area contributed by atoms with Crippen molar-refractivity contribution < 1.29 is 26.9 Å². The van der Waals surface area contributed by atoms with Gasteiger partial charge in [-0.2, -0.15) is 8.42 Å². The lowest BCUT2D eigenvalue weighted by Crippen LogP contribution is -2.38. The number of hydrogen-bond donors (Lipinski definition) is 0. The van der Waals surface area contributed by atoms with Crippen LogP contribution in [0.15, 0.2) is 53.4 Å². The third kappa shape index (κ3) is 7.01. The molecule has 2 aromatic rings. The van der Waals surface area contributed by atoms with Crippen molar-refractivity contribution in [1.82, 2.24) is 9.80 Å². The Morgan fingerprint density at radius 2 is 1.50 bits per heavy atom. The SMILES string of the molecule is COCC(=O)N(CCN(C)C)Cc1ccc(OS(=O)(=O)c2ccc(OC)cc2)cc1. The number of methoxy groups -OCH3 is 2. The molecule has 1 amide bonds. The predicted molar refractivity (Wildman–Crippen MR) is 113 cm³/mol. The van der Waals surface area contributed by atoms with Crippen LogP contribution in [0.3, 0.4) is 0 Å². The van der Waals surface area contributed by atoms with Gasteiger partial charge in [-0.15, -0.1) is 0 Å². The average Bonchev–Trinajstić information content (AvgIpc) is 2.72. The standard InChI is InChI=1S/C21H28N2O6S/c1-22(2)13-14-23(21(24)16-27-3)15-17-5-7-19(8-6-17)29-30(25,26)20-11-9-18(28-4)10-12-20/h5-12H,13-16H2,1-4H3.